The van der Waals surface area contributed by atoms with E-state index in [9.17, 15) is 29.1 Å². The fourth-order valence-electron chi connectivity index (χ4n) is 2.18. The SMILES string of the molecule is CC(N)C(=O)NC(C)C(=O)NC(CC(=O)O)C(=O)NC(Cc1cnc[nH]1)C(=O)O. The average molecular weight is 412 g/mol. The standard InChI is InChI=1S/C16H24N6O7/c1-7(17)13(25)20-8(2)14(26)21-10(4-12(23)24)15(27)22-11(16(28)29)3-9-5-18-6-19-9/h5-8,10-11H,3-4,17H2,1-2H3,(H,18,19)(H,20,25)(H,21,26)(H,22,27)(H,23,24)(H,28,29). The predicted octanol–water partition coefficient (Wildman–Crippen LogP) is -2.67. The van der Waals surface area contributed by atoms with Crippen LogP contribution in [-0.2, 0) is 30.4 Å². The highest BCUT2D eigenvalue weighted by molar-refractivity contribution is 5.95. The number of imidazole rings is 1. The molecule has 29 heavy (non-hydrogen) atoms. The predicted molar refractivity (Wildman–Crippen MR) is 97.3 cm³/mol. The van der Waals surface area contributed by atoms with Gasteiger partial charge in [0.2, 0.25) is 17.7 Å². The number of rotatable bonds is 11. The molecule has 4 unspecified atom stereocenters. The summed E-state index contributed by atoms with van der Waals surface area (Å²) in [6, 6.07) is -4.91. The summed E-state index contributed by atoms with van der Waals surface area (Å²) in [6.45, 7) is 2.73. The van der Waals surface area contributed by atoms with Gasteiger partial charge >= 0.3 is 11.9 Å². The summed E-state index contributed by atoms with van der Waals surface area (Å²) in [6.07, 6.45) is 1.79. The molecule has 0 aliphatic rings. The normalized spacial score (nSPS) is 14.7. The van der Waals surface area contributed by atoms with Crippen molar-refractivity contribution < 1.29 is 34.2 Å². The molecule has 0 bridgehead atoms. The molecule has 0 aliphatic heterocycles. The Morgan fingerprint density at radius 1 is 1.03 bits per heavy atom. The largest absolute Gasteiger partial charge is 0.481 e. The second kappa shape index (κ2) is 10.8. The molecule has 13 heteroatoms. The molecule has 0 saturated heterocycles. The first-order valence-corrected chi connectivity index (χ1v) is 8.59. The van der Waals surface area contributed by atoms with Gasteiger partial charge in [-0.15, -0.1) is 0 Å². The molecule has 0 saturated carbocycles. The van der Waals surface area contributed by atoms with Crippen LogP contribution in [0.15, 0.2) is 12.5 Å². The molecule has 0 radical (unpaired) electrons. The molecule has 1 aromatic heterocycles. The summed E-state index contributed by atoms with van der Waals surface area (Å²) >= 11 is 0. The number of hydrogen-bond acceptors (Lipinski definition) is 7. The molecule has 0 spiro atoms. The van der Waals surface area contributed by atoms with Crippen molar-refractivity contribution in [3.63, 3.8) is 0 Å². The number of nitrogens with zero attached hydrogens (tertiary/aromatic N) is 1. The van der Waals surface area contributed by atoms with Crippen molar-refractivity contribution in [1.29, 1.82) is 0 Å². The summed E-state index contributed by atoms with van der Waals surface area (Å²) < 4.78 is 0. The van der Waals surface area contributed by atoms with E-state index in [0.29, 0.717) is 5.69 Å². The van der Waals surface area contributed by atoms with Gasteiger partial charge in [0.1, 0.15) is 18.1 Å². The monoisotopic (exact) mass is 412 g/mol. The van der Waals surface area contributed by atoms with Crippen molar-refractivity contribution in [1.82, 2.24) is 25.9 Å². The van der Waals surface area contributed by atoms with E-state index in [-0.39, 0.29) is 6.42 Å². The van der Waals surface area contributed by atoms with Gasteiger partial charge < -0.3 is 36.9 Å². The van der Waals surface area contributed by atoms with Crippen LogP contribution < -0.4 is 21.7 Å². The highest BCUT2D eigenvalue weighted by atomic mass is 16.4. The summed E-state index contributed by atoms with van der Waals surface area (Å²) in [5.74, 6) is -5.19. The van der Waals surface area contributed by atoms with Crippen LogP contribution in [-0.4, -0.2) is 74.0 Å². The Balaban J connectivity index is 2.82. The van der Waals surface area contributed by atoms with Crippen molar-refractivity contribution in [2.75, 3.05) is 0 Å². The molecule has 1 aromatic rings. The maximum Gasteiger partial charge on any atom is 0.326 e. The molecule has 8 N–H and O–H groups in total. The Kier molecular flexibility index (Phi) is 8.73. The molecule has 1 rings (SSSR count). The lowest BCUT2D eigenvalue weighted by Gasteiger charge is -2.22. The lowest BCUT2D eigenvalue weighted by molar-refractivity contribution is -0.143. The molecule has 13 nitrogen and oxygen atoms in total. The van der Waals surface area contributed by atoms with Gasteiger partial charge in [0.15, 0.2) is 0 Å². The zero-order valence-corrected chi connectivity index (χ0v) is 15.8. The summed E-state index contributed by atoms with van der Waals surface area (Å²) in [5, 5.41) is 25.0. The van der Waals surface area contributed by atoms with Crippen LogP contribution in [0.25, 0.3) is 0 Å². The van der Waals surface area contributed by atoms with E-state index in [2.05, 4.69) is 25.9 Å². The van der Waals surface area contributed by atoms with Crippen molar-refractivity contribution in [2.24, 2.45) is 5.73 Å². The molecular formula is C16H24N6O7. The van der Waals surface area contributed by atoms with Gasteiger partial charge in [0, 0.05) is 18.3 Å². The Hall–Kier alpha value is -3.48. The number of carboxylic acid groups (broad SMARTS) is 2. The maximum absolute atomic E-state index is 12.4. The van der Waals surface area contributed by atoms with Crippen LogP contribution in [0.3, 0.4) is 0 Å². The van der Waals surface area contributed by atoms with E-state index in [1.54, 1.807) is 0 Å². The summed E-state index contributed by atoms with van der Waals surface area (Å²) in [7, 11) is 0. The molecule has 3 amide bonds. The molecule has 4 atom stereocenters. The Bertz CT molecular complexity index is 749. The Morgan fingerprint density at radius 3 is 2.14 bits per heavy atom. The summed E-state index contributed by atoms with van der Waals surface area (Å²) in [4.78, 5) is 65.1. The number of nitrogens with one attached hydrogen (secondary N) is 4. The minimum atomic E-state index is -1.56. The molecule has 0 aliphatic carbocycles. The number of aromatic amines is 1. The first-order chi connectivity index (χ1) is 13.5. The van der Waals surface area contributed by atoms with E-state index < -0.39 is 60.2 Å². The third-order valence-corrected chi connectivity index (χ3v) is 3.77. The zero-order valence-electron chi connectivity index (χ0n) is 15.8. The van der Waals surface area contributed by atoms with E-state index in [0.717, 1.165) is 0 Å². The number of nitrogens with two attached hydrogens (primary N) is 1. The van der Waals surface area contributed by atoms with Gasteiger partial charge in [-0.3, -0.25) is 19.2 Å². The molecule has 160 valence electrons. The fraction of sp³-hybridized carbons (Fsp3) is 0.500. The van der Waals surface area contributed by atoms with Crippen LogP contribution in [0.5, 0.6) is 0 Å². The van der Waals surface area contributed by atoms with E-state index in [1.807, 2.05) is 0 Å². The number of hydrogen-bond donors (Lipinski definition) is 7. The van der Waals surface area contributed by atoms with Crippen LogP contribution in [0.2, 0.25) is 0 Å². The van der Waals surface area contributed by atoms with E-state index in [4.69, 9.17) is 10.8 Å². The van der Waals surface area contributed by atoms with Crippen LogP contribution >= 0.6 is 0 Å². The van der Waals surface area contributed by atoms with Crippen molar-refractivity contribution in [3.8, 4) is 0 Å². The second-order valence-corrected chi connectivity index (χ2v) is 6.36. The number of carbonyl (C=O) groups is 5. The first-order valence-electron chi connectivity index (χ1n) is 8.59. The number of carbonyl (C=O) groups excluding carboxylic acids is 3. The number of aromatic nitrogens is 2. The minimum Gasteiger partial charge on any atom is -0.481 e. The van der Waals surface area contributed by atoms with Gasteiger partial charge in [0.25, 0.3) is 0 Å². The number of amides is 3. The highest BCUT2D eigenvalue weighted by Crippen LogP contribution is 2.02. The van der Waals surface area contributed by atoms with Crippen molar-refractivity contribution in [3.05, 3.63) is 18.2 Å². The number of H-pyrrole nitrogens is 1. The average Bonchev–Trinajstić information content (AvgIpc) is 3.12. The van der Waals surface area contributed by atoms with Crippen LogP contribution in [0, 0.1) is 0 Å². The van der Waals surface area contributed by atoms with Crippen LogP contribution in [0.4, 0.5) is 0 Å². The number of aliphatic carboxylic acids is 2. The van der Waals surface area contributed by atoms with E-state index in [1.165, 1.54) is 26.4 Å². The van der Waals surface area contributed by atoms with Crippen LogP contribution in [0.1, 0.15) is 26.0 Å². The van der Waals surface area contributed by atoms with Gasteiger partial charge in [0.05, 0.1) is 18.8 Å². The fourth-order valence-corrected chi connectivity index (χ4v) is 2.18. The van der Waals surface area contributed by atoms with E-state index >= 15 is 0 Å². The van der Waals surface area contributed by atoms with Crippen molar-refractivity contribution in [2.45, 2.75) is 50.9 Å². The third-order valence-electron chi connectivity index (χ3n) is 3.77. The van der Waals surface area contributed by atoms with Gasteiger partial charge in [-0.2, -0.15) is 0 Å². The third kappa shape index (κ3) is 7.96. The maximum atomic E-state index is 12.4. The topological polar surface area (TPSA) is 217 Å². The smallest absolute Gasteiger partial charge is 0.326 e. The zero-order chi connectivity index (χ0) is 22.1. The van der Waals surface area contributed by atoms with Gasteiger partial charge in [-0.1, -0.05) is 0 Å². The highest BCUT2D eigenvalue weighted by Gasteiger charge is 2.30. The van der Waals surface area contributed by atoms with Gasteiger partial charge in [-0.05, 0) is 13.8 Å². The number of carboxylic acids is 2. The lowest BCUT2D eigenvalue weighted by Crippen LogP contribution is -2.56. The molecular weight excluding hydrogens is 388 g/mol. The molecule has 0 fully saturated rings. The van der Waals surface area contributed by atoms with Crippen molar-refractivity contribution >= 4 is 29.7 Å². The minimum absolute atomic E-state index is 0.129. The quantitative estimate of drug-likeness (QED) is 0.201. The molecule has 0 aromatic carbocycles. The summed E-state index contributed by atoms with van der Waals surface area (Å²) in [5.41, 5.74) is 5.82. The lowest BCUT2D eigenvalue weighted by atomic mass is 10.1. The molecule has 1 heterocycles. The second-order valence-electron chi connectivity index (χ2n) is 6.36. The Morgan fingerprint density at radius 2 is 1.66 bits per heavy atom. The first kappa shape index (κ1) is 23.6. The van der Waals surface area contributed by atoms with Gasteiger partial charge in [-0.25, -0.2) is 9.78 Å². The Labute approximate surface area is 165 Å².